The lowest BCUT2D eigenvalue weighted by atomic mass is 10.0. The summed E-state index contributed by atoms with van der Waals surface area (Å²) >= 11 is 0. The summed E-state index contributed by atoms with van der Waals surface area (Å²) in [7, 11) is 1.65. The molecule has 0 radical (unpaired) electrons. The van der Waals surface area contributed by atoms with Crippen LogP contribution in [-0.2, 0) is 6.54 Å². The van der Waals surface area contributed by atoms with Gasteiger partial charge in [-0.3, -0.25) is 4.79 Å². The molecule has 3 heteroatoms. The van der Waals surface area contributed by atoms with Crippen molar-refractivity contribution in [2.75, 3.05) is 7.11 Å². The Balaban J connectivity index is 2.00. The Morgan fingerprint density at radius 3 is 2.50 bits per heavy atom. The van der Waals surface area contributed by atoms with Crippen molar-refractivity contribution in [3.05, 3.63) is 77.0 Å². The first-order valence-electron chi connectivity index (χ1n) is 7.25. The first kappa shape index (κ1) is 15.8. The van der Waals surface area contributed by atoms with E-state index in [1.807, 2.05) is 62.4 Å². The summed E-state index contributed by atoms with van der Waals surface area (Å²) in [6.07, 6.45) is 1.76. The Kier molecular flexibility index (Phi) is 5.37. The summed E-state index contributed by atoms with van der Waals surface area (Å²) in [4.78, 5) is 12.3. The molecule has 2 rings (SSSR count). The highest BCUT2D eigenvalue weighted by Gasteiger charge is 2.07. The fraction of sp³-hybridized carbons (Fsp3) is 0.211. The third-order valence-electron chi connectivity index (χ3n) is 3.48. The van der Waals surface area contributed by atoms with Crippen molar-refractivity contribution >= 4 is 5.78 Å². The fourth-order valence-electron chi connectivity index (χ4n) is 2.16. The van der Waals surface area contributed by atoms with Crippen LogP contribution in [0.1, 0.15) is 28.4 Å². The van der Waals surface area contributed by atoms with Crippen molar-refractivity contribution in [1.82, 2.24) is 5.32 Å². The van der Waals surface area contributed by atoms with Crippen molar-refractivity contribution < 1.29 is 9.53 Å². The van der Waals surface area contributed by atoms with Gasteiger partial charge in [0.15, 0.2) is 5.78 Å². The van der Waals surface area contributed by atoms with E-state index in [1.54, 1.807) is 13.3 Å². The number of ether oxygens (including phenoxy) is 1. The monoisotopic (exact) mass is 295 g/mol. The molecule has 0 fully saturated rings. The minimum Gasteiger partial charge on any atom is -0.496 e. The Labute approximate surface area is 131 Å². The molecule has 3 nitrogen and oxygen atoms in total. The average Bonchev–Trinajstić information content (AvgIpc) is 2.55. The minimum absolute atomic E-state index is 0.0347. The molecule has 0 aliphatic rings. The van der Waals surface area contributed by atoms with Gasteiger partial charge < -0.3 is 10.1 Å². The lowest BCUT2D eigenvalue weighted by Crippen LogP contribution is -2.10. The number of carbonyl (C=O) groups is 1. The van der Waals surface area contributed by atoms with Gasteiger partial charge in [-0.25, -0.2) is 0 Å². The van der Waals surface area contributed by atoms with Crippen LogP contribution < -0.4 is 10.1 Å². The van der Waals surface area contributed by atoms with Gasteiger partial charge >= 0.3 is 0 Å². The SMILES string of the molecule is COc1ccccc1CNC=C(C)C(=O)c1ccc(C)cc1. The maximum Gasteiger partial charge on any atom is 0.190 e. The number of allylic oxidation sites excluding steroid dienone is 1. The largest absolute Gasteiger partial charge is 0.496 e. The number of hydrogen-bond acceptors (Lipinski definition) is 3. The van der Waals surface area contributed by atoms with Gasteiger partial charge in [-0.2, -0.15) is 0 Å². The van der Waals surface area contributed by atoms with Crippen LogP contribution in [0.4, 0.5) is 0 Å². The van der Waals surface area contributed by atoms with Gasteiger partial charge in [-0.1, -0.05) is 48.0 Å². The summed E-state index contributed by atoms with van der Waals surface area (Å²) in [5.74, 6) is 0.874. The van der Waals surface area contributed by atoms with Gasteiger partial charge in [0.1, 0.15) is 5.75 Å². The molecule has 0 unspecified atom stereocenters. The van der Waals surface area contributed by atoms with Crippen LogP contribution in [0.3, 0.4) is 0 Å². The van der Waals surface area contributed by atoms with E-state index in [0.29, 0.717) is 17.7 Å². The Morgan fingerprint density at radius 2 is 1.82 bits per heavy atom. The van der Waals surface area contributed by atoms with Gasteiger partial charge in [-0.15, -0.1) is 0 Å². The van der Waals surface area contributed by atoms with Crippen molar-refractivity contribution in [2.24, 2.45) is 0 Å². The number of para-hydroxylation sites is 1. The third kappa shape index (κ3) is 3.98. The molecule has 1 N–H and O–H groups in total. The molecule has 0 atom stereocenters. The molecule has 0 saturated heterocycles. The first-order valence-corrected chi connectivity index (χ1v) is 7.25. The van der Waals surface area contributed by atoms with E-state index < -0.39 is 0 Å². The quantitative estimate of drug-likeness (QED) is 0.649. The highest BCUT2D eigenvalue weighted by molar-refractivity contribution is 6.08. The average molecular weight is 295 g/mol. The van der Waals surface area contributed by atoms with Gasteiger partial charge in [0.05, 0.1) is 7.11 Å². The molecule has 0 aliphatic carbocycles. The van der Waals surface area contributed by atoms with E-state index in [-0.39, 0.29) is 5.78 Å². The van der Waals surface area contributed by atoms with Crippen molar-refractivity contribution in [3.63, 3.8) is 0 Å². The summed E-state index contributed by atoms with van der Waals surface area (Å²) in [6.45, 7) is 4.44. The number of rotatable bonds is 6. The molecule has 2 aromatic carbocycles. The van der Waals surface area contributed by atoms with Gasteiger partial charge in [0.25, 0.3) is 0 Å². The minimum atomic E-state index is 0.0347. The van der Waals surface area contributed by atoms with E-state index in [9.17, 15) is 4.79 Å². The van der Waals surface area contributed by atoms with Crippen molar-refractivity contribution in [2.45, 2.75) is 20.4 Å². The second-order valence-corrected chi connectivity index (χ2v) is 5.22. The molecule has 0 saturated carbocycles. The van der Waals surface area contributed by atoms with E-state index >= 15 is 0 Å². The molecule has 2 aromatic rings. The van der Waals surface area contributed by atoms with Crippen LogP contribution in [0.25, 0.3) is 0 Å². The molecule has 0 bridgehead atoms. The molecule has 0 heterocycles. The predicted molar refractivity (Wildman–Crippen MR) is 89.1 cm³/mol. The van der Waals surface area contributed by atoms with Crippen molar-refractivity contribution in [1.29, 1.82) is 0 Å². The number of benzene rings is 2. The standard InChI is InChI=1S/C19H21NO2/c1-14-8-10-16(11-9-14)19(21)15(2)12-20-13-17-6-4-5-7-18(17)22-3/h4-12,20H,13H2,1-3H3. The topological polar surface area (TPSA) is 38.3 Å². The predicted octanol–water partition coefficient (Wildman–Crippen LogP) is 3.88. The van der Waals surface area contributed by atoms with E-state index in [0.717, 1.165) is 16.9 Å². The van der Waals surface area contributed by atoms with Gasteiger partial charge in [-0.05, 0) is 19.9 Å². The normalized spacial score (nSPS) is 11.1. The second kappa shape index (κ2) is 7.46. The van der Waals surface area contributed by atoms with Crippen LogP contribution in [0.5, 0.6) is 5.75 Å². The number of Topliss-reactive ketones (excluding diaryl/α,β-unsaturated/α-hetero) is 1. The number of aryl methyl sites for hydroxylation is 1. The second-order valence-electron chi connectivity index (χ2n) is 5.22. The maximum atomic E-state index is 12.3. The number of hydrogen-bond donors (Lipinski definition) is 1. The lowest BCUT2D eigenvalue weighted by Gasteiger charge is -2.08. The first-order chi connectivity index (χ1) is 10.6. The number of nitrogens with one attached hydrogen (secondary N) is 1. The van der Waals surface area contributed by atoms with Gasteiger partial charge in [0, 0.05) is 29.4 Å². The molecular weight excluding hydrogens is 274 g/mol. The highest BCUT2D eigenvalue weighted by atomic mass is 16.5. The zero-order valence-electron chi connectivity index (χ0n) is 13.2. The molecule has 0 aromatic heterocycles. The molecule has 22 heavy (non-hydrogen) atoms. The zero-order valence-corrected chi connectivity index (χ0v) is 13.2. The summed E-state index contributed by atoms with van der Waals surface area (Å²) < 4.78 is 5.30. The van der Waals surface area contributed by atoms with E-state index in [1.165, 1.54) is 0 Å². The smallest absolute Gasteiger partial charge is 0.190 e. The zero-order chi connectivity index (χ0) is 15.9. The molecule has 114 valence electrons. The summed E-state index contributed by atoms with van der Waals surface area (Å²) in [6, 6.07) is 15.4. The molecular formula is C19H21NO2. The highest BCUT2D eigenvalue weighted by Crippen LogP contribution is 2.17. The van der Waals surface area contributed by atoms with Gasteiger partial charge in [0.2, 0.25) is 0 Å². The van der Waals surface area contributed by atoms with E-state index in [4.69, 9.17) is 4.74 Å². The Morgan fingerprint density at radius 1 is 1.14 bits per heavy atom. The Hall–Kier alpha value is -2.55. The van der Waals surface area contributed by atoms with Crippen molar-refractivity contribution in [3.8, 4) is 5.75 Å². The van der Waals surface area contributed by atoms with Crippen LogP contribution in [0, 0.1) is 6.92 Å². The van der Waals surface area contributed by atoms with Crippen LogP contribution >= 0.6 is 0 Å². The molecule has 0 amide bonds. The number of ketones is 1. The van der Waals surface area contributed by atoms with E-state index in [2.05, 4.69) is 5.32 Å². The number of carbonyl (C=O) groups excluding carboxylic acids is 1. The van der Waals surface area contributed by atoms with Crippen LogP contribution in [0.2, 0.25) is 0 Å². The number of methoxy groups -OCH3 is 1. The molecule has 0 aliphatic heterocycles. The fourth-order valence-corrected chi connectivity index (χ4v) is 2.16. The Bertz CT molecular complexity index is 672. The summed E-state index contributed by atoms with van der Waals surface area (Å²) in [5.41, 5.74) is 3.58. The third-order valence-corrected chi connectivity index (χ3v) is 3.48. The summed E-state index contributed by atoms with van der Waals surface area (Å²) in [5, 5.41) is 3.18. The maximum absolute atomic E-state index is 12.3. The lowest BCUT2D eigenvalue weighted by molar-refractivity contribution is 0.103. The molecule has 0 spiro atoms. The van der Waals surface area contributed by atoms with Crippen LogP contribution in [0.15, 0.2) is 60.3 Å². The van der Waals surface area contributed by atoms with Crippen LogP contribution in [-0.4, -0.2) is 12.9 Å².